The van der Waals surface area contributed by atoms with Gasteiger partial charge < -0.3 is 10.2 Å². The Labute approximate surface area is 107 Å². The van der Waals surface area contributed by atoms with Crippen LogP contribution in [0.4, 0.5) is 0 Å². The third-order valence-corrected chi connectivity index (χ3v) is 3.97. The number of piperidine rings is 1. The average molecular weight is 247 g/mol. The predicted molar refractivity (Wildman–Crippen MR) is 72.2 cm³/mol. The van der Waals surface area contributed by atoms with Gasteiger partial charge in [-0.25, -0.2) is 0 Å². The van der Waals surface area contributed by atoms with Crippen molar-refractivity contribution in [1.82, 2.24) is 10.2 Å². The molecule has 0 aliphatic carbocycles. The van der Waals surface area contributed by atoms with Gasteiger partial charge in [-0.05, 0) is 56.3 Å². The van der Waals surface area contributed by atoms with E-state index < -0.39 is 0 Å². The fourth-order valence-electron chi connectivity index (χ4n) is 2.81. The fourth-order valence-corrected chi connectivity index (χ4v) is 2.81. The molecule has 2 aliphatic rings. The lowest BCUT2D eigenvalue weighted by molar-refractivity contribution is 0.133. The second-order valence-electron chi connectivity index (χ2n) is 6.58. The number of nitrogens with one attached hydrogen (secondary N) is 1. The molecule has 16 heavy (non-hydrogen) atoms. The van der Waals surface area contributed by atoms with E-state index in [2.05, 4.69) is 31.0 Å². The molecule has 2 rings (SSSR count). The molecule has 0 aromatic rings. The molecule has 2 fully saturated rings. The molecule has 3 heteroatoms. The van der Waals surface area contributed by atoms with Gasteiger partial charge in [0, 0.05) is 6.54 Å². The molecule has 0 saturated carbocycles. The van der Waals surface area contributed by atoms with Crippen molar-refractivity contribution in [3.63, 3.8) is 0 Å². The molecule has 2 atom stereocenters. The largest absolute Gasteiger partial charge is 0.316 e. The zero-order valence-electron chi connectivity index (χ0n) is 11.0. The van der Waals surface area contributed by atoms with E-state index in [-0.39, 0.29) is 12.4 Å². The van der Waals surface area contributed by atoms with Crippen LogP contribution in [0.5, 0.6) is 0 Å². The normalized spacial score (nSPS) is 30.9. The van der Waals surface area contributed by atoms with Crippen LogP contribution in [0.3, 0.4) is 0 Å². The van der Waals surface area contributed by atoms with Crippen LogP contribution in [-0.2, 0) is 0 Å². The Morgan fingerprint density at radius 2 is 1.88 bits per heavy atom. The van der Waals surface area contributed by atoms with Gasteiger partial charge in [0.25, 0.3) is 0 Å². The van der Waals surface area contributed by atoms with Crippen LogP contribution in [0.25, 0.3) is 0 Å². The third kappa shape index (κ3) is 3.90. The Morgan fingerprint density at radius 3 is 2.56 bits per heavy atom. The van der Waals surface area contributed by atoms with E-state index in [1.165, 1.54) is 45.6 Å². The third-order valence-electron chi connectivity index (χ3n) is 3.97. The monoisotopic (exact) mass is 246 g/mol. The maximum atomic E-state index is 3.53. The van der Waals surface area contributed by atoms with Gasteiger partial charge in [-0.2, -0.15) is 0 Å². The van der Waals surface area contributed by atoms with Crippen LogP contribution in [0.15, 0.2) is 0 Å². The van der Waals surface area contributed by atoms with E-state index in [0.29, 0.717) is 5.41 Å². The first-order valence-corrected chi connectivity index (χ1v) is 6.48. The van der Waals surface area contributed by atoms with E-state index in [9.17, 15) is 0 Å². The summed E-state index contributed by atoms with van der Waals surface area (Å²) in [6.45, 7) is 13.5. The minimum atomic E-state index is 0. The Kier molecular flexibility index (Phi) is 5.09. The lowest BCUT2D eigenvalue weighted by Gasteiger charge is -2.35. The molecule has 0 aromatic carbocycles. The molecule has 1 N–H and O–H groups in total. The fraction of sp³-hybridized carbons (Fsp3) is 1.00. The summed E-state index contributed by atoms with van der Waals surface area (Å²) in [5, 5.41) is 3.53. The van der Waals surface area contributed by atoms with Crippen LogP contribution in [0.1, 0.15) is 33.6 Å². The van der Waals surface area contributed by atoms with E-state index in [1.807, 2.05) is 0 Å². The van der Waals surface area contributed by atoms with Crippen LogP contribution in [0, 0.1) is 17.3 Å². The molecule has 2 aliphatic heterocycles. The topological polar surface area (TPSA) is 15.3 Å². The van der Waals surface area contributed by atoms with E-state index in [4.69, 9.17) is 0 Å². The lowest BCUT2D eigenvalue weighted by Crippen LogP contribution is -2.41. The van der Waals surface area contributed by atoms with Crippen molar-refractivity contribution in [3.05, 3.63) is 0 Å². The number of rotatable bonds is 2. The van der Waals surface area contributed by atoms with Crippen molar-refractivity contribution in [2.45, 2.75) is 33.6 Å². The standard InChI is InChI=1S/C13H26N2.ClH/c1-13(2,3)5-7-15-6-4-11-8-14-9-12(11)10-15;/h11-12,14H,4-10H2,1-3H3;1H. The number of hydrogen-bond donors (Lipinski definition) is 1. The molecule has 96 valence electrons. The maximum absolute atomic E-state index is 3.53. The quantitative estimate of drug-likeness (QED) is 0.805. The van der Waals surface area contributed by atoms with Crippen molar-refractivity contribution in [2.75, 3.05) is 32.7 Å². The van der Waals surface area contributed by atoms with Gasteiger partial charge in [0.1, 0.15) is 0 Å². The van der Waals surface area contributed by atoms with Crippen molar-refractivity contribution in [1.29, 1.82) is 0 Å². The number of fused-ring (bicyclic) bond motifs is 1. The van der Waals surface area contributed by atoms with Gasteiger partial charge in [0.05, 0.1) is 0 Å². The molecule has 0 amide bonds. The van der Waals surface area contributed by atoms with Crippen molar-refractivity contribution in [3.8, 4) is 0 Å². The zero-order valence-corrected chi connectivity index (χ0v) is 11.8. The summed E-state index contributed by atoms with van der Waals surface area (Å²) in [6, 6.07) is 0. The first-order chi connectivity index (χ1) is 7.04. The smallest absolute Gasteiger partial charge is 0.00249 e. The molecule has 0 radical (unpaired) electrons. The van der Waals surface area contributed by atoms with Crippen LogP contribution >= 0.6 is 12.4 Å². The summed E-state index contributed by atoms with van der Waals surface area (Å²) in [7, 11) is 0. The van der Waals surface area contributed by atoms with Gasteiger partial charge in [0.2, 0.25) is 0 Å². The highest BCUT2D eigenvalue weighted by molar-refractivity contribution is 5.85. The summed E-state index contributed by atoms with van der Waals surface area (Å²) in [5.74, 6) is 1.93. The molecule has 2 saturated heterocycles. The van der Waals surface area contributed by atoms with E-state index >= 15 is 0 Å². The van der Waals surface area contributed by atoms with Crippen LogP contribution < -0.4 is 5.32 Å². The van der Waals surface area contributed by atoms with Gasteiger partial charge in [-0.1, -0.05) is 20.8 Å². The average Bonchev–Trinajstić information content (AvgIpc) is 2.60. The van der Waals surface area contributed by atoms with Gasteiger partial charge in [-0.15, -0.1) is 12.4 Å². The van der Waals surface area contributed by atoms with Crippen molar-refractivity contribution in [2.24, 2.45) is 17.3 Å². The molecular weight excluding hydrogens is 220 g/mol. The molecule has 0 bridgehead atoms. The Bertz CT molecular complexity index is 212. The lowest BCUT2D eigenvalue weighted by atomic mass is 9.87. The van der Waals surface area contributed by atoms with Gasteiger partial charge in [0.15, 0.2) is 0 Å². The second-order valence-corrected chi connectivity index (χ2v) is 6.58. The molecule has 0 aromatic heterocycles. The van der Waals surface area contributed by atoms with Crippen LogP contribution in [0.2, 0.25) is 0 Å². The molecule has 2 nitrogen and oxygen atoms in total. The number of halogens is 1. The second kappa shape index (κ2) is 5.70. The highest BCUT2D eigenvalue weighted by Crippen LogP contribution is 2.27. The Morgan fingerprint density at radius 1 is 1.19 bits per heavy atom. The van der Waals surface area contributed by atoms with Crippen molar-refractivity contribution >= 4 is 12.4 Å². The summed E-state index contributed by atoms with van der Waals surface area (Å²) >= 11 is 0. The summed E-state index contributed by atoms with van der Waals surface area (Å²) in [4.78, 5) is 2.68. The first kappa shape index (κ1) is 14.3. The number of nitrogens with zero attached hydrogens (tertiary/aromatic N) is 1. The number of hydrogen-bond acceptors (Lipinski definition) is 2. The molecule has 0 spiro atoms. The number of likely N-dealkylation sites (tertiary alicyclic amines) is 1. The van der Waals surface area contributed by atoms with Gasteiger partial charge >= 0.3 is 0 Å². The minimum absolute atomic E-state index is 0. The zero-order chi connectivity index (χ0) is 10.9. The van der Waals surface area contributed by atoms with Gasteiger partial charge in [-0.3, -0.25) is 0 Å². The molecule has 2 unspecified atom stereocenters. The van der Waals surface area contributed by atoms with E-state index in [0.717, 1.165) is 11.8 Å². The van der Waals surface area contributed by atoms with Crippen LogP contribution in [-0.4, -0.2) is 37.6 Å². The van der Waals surface area contributed by atoms with E-state index in [1.54, 1.807) is 0 Å². The predicted octanol–water partition coefficient (Wildman–Crippen LogP) is 2.39. The summed E-state index contributed by atoms with van der Waals surface area (Å²) in [5.41, 5.74) is 0.491. The SMILES string of the molecule is CC(C)(C)CCN1CCC2CNCC2C1.Cl. The Hall–Kier alpha value is 0.210. The Balaban J connectivity index is 0.00000128. The first-order valence-electron chi connectivity index (χ1n) is 6.48. The molecular formula is C13H27ClN2. The summed E-state index contributed by atoms with van der Waals surface area (Å²) < 4.78 is 0. The molecule has 2 heterocycles. The highest BCUT2D eigenvalue weighted by atomic mass is 35.5. The maximum Gasteiger partial charge on any atom is 0.00249 e. The minimum Gasteiger partial charge on any atom is -0.316 e. The van der Waals surface area contributed by atoms with Crippen molar-refractivity contribution < 1.29 is 0 Å². The highest BCUT2D eigenvalue weighted by Gasteiger charge is 2.32. The summed E-state index contributed by atoms with van der Waals surface area (Å²) in [6.07, 6.45) is 2.75.